The van der Waals surface area contributed by atoms with Crippen molar-refractivity contribution in [3.63, 3.8) is 0 Å². The van der Waals surface area contributed by atoms with Gasteiger partial charge in [-0.3, -0.25) is 9.10 Å². The number of carbonyl (C=O) groups is 1. The number of amides is 1. The lowest BCUT2D eigenvalue weighted by molar-refractivity contribution is -0.114. The van der Waals surface area contributed by atoms with Crippen molar-refractivity contribution in [3.8, 4) is 0 Å². The maximum atomic E-state index is 13.9. The van der Waals surface area contributed by atoms with Crippen LogP contribution in [-0.4, -0.2) is 27.1 Å². The van der Waals surface area contributed by atoms with Crippen molar-refractivity contribution in [2.45, 2.75) is 13.3 Å². The number of hydrogen-bond acceptors (Lipinski definition) is 3. The molecule has 0 aliphatic heterocycles. The van der Waals surface area contributed by atoms with E-state index in [4.69, 9.17) is 0 Å². The third-order valence-corrected chi connectivity index (χ3v) is 4.58. The van der Waals surface area contributed by atoms with Crippen LogP contribution in [0.15, 0.2) is 48.5 Å². The zero-order chi connectivity index (χ0) is 17.7. The quantitative estimate of drug-likeness (QED) is 0.871. The van der Waals surface area contributed by atoms with Crippen LogP contribution in [0, 0.1) is 5.82 Å². The molecule has 0 heterocycles. The summed E-state index contributed by atoms with van der Waals surface area (Å²) in [4.78, 5) is 12.2. The number of carbonyl (C=O) groups excluding carboxylic acids is 1. The van der Waals surface area contributed by atoms with Gasteiger partial charge < -0.3 is 5.32 Å². The average molecular weight is 350 g/mol. The van der Waals surface area contributed by atoms with Crippen LogP contribution >= 0.6 is 0 Å². The molecular weight excluding hydrogens is 331 g/mol. The topological polar surface area (TPSA) is 66.5 Å². The van der Waals surface area contributed by atoms with E-state index in [0.29, 0.717) is 5.69 Å². The molecule has 0 spiro atoms. The minimum Gasteiger partial charge on any atom is -0.325 e. The normalized spacial score (nSPS) is 11.1. The van der Waals surface area contributed by atoms with Crippen molar-refractivity contribution in [3.05, 3.63) is 59.9 Å². The molecule has 0 aliphatic carbocycles. The van der Waals surface area contributed by atoms with E-state index in [1.165, 1.54) is 18.2 Å². The van der Waals surface area contributed by atoms with E-state index in [1.807, 2.05) is 19.1 Å². The van der Waals surface area contributed by atoms with E-state index < -0.39 is 28.3 Å². The lowest BCUT2D eigenvalue weighted by atomic mass is 10.1. The molecule has 0 fully saturated rings. The highest BCUT2D eigenvalue weighted by atomic mass is 32.2. The van der Waals surface area contributed by atoms with Gasteiger partial charge in [0.2, 0.25) is 15.9 Å². The zero-order valence-corrected chi connectivity index (χ0v) is 14.3. The van der Waals surface area contributed by atoms with E-state index in [-0.39, 0.29) is 5.69 Å². The van der Waals surface area contributed by atoms with Crippen LogP contribution in [0.5, 0.6) is 0 Å². The van der Waals surface area contributed by atoms with Crippen molar-refractivity contribution in [1.29, 1.82) is 0 Å². The molecule has 0 saturated heterocycles. The van der Waals surface area contributed by atoms with Gasteiger partial charge in [-0.15, -0.1) is 0 Å². The highest BCUT2D eigenvalue weighted by molar-refractivity contribution is 7.92. The van der Waals surface area contributed by atoms with Gasteiger partial charge in [0.15, 0.2) is 0 Å². The first-order valence-electron chi connectivity index (χ1n) is 7.42. The Kier molecular flexibility index (Phi) is 5.56. The van der Waals surface area contributed by atoms with Crippen LogP contribution in [0.1, 0.15) is 12.5 Å². The third-order valence-electron chi connectivity index (χ3n) is 3.45. The molecule has 1 amide bonds. The highest BCUT2D eigenvalue weighted by Gasteiger charge is 2.23. The highest BCUT2D eigenvalue weighted by Crippen LogP contribution is 2.21. The summed E-state index contributed by atoms with van der Waals surface area (Å²) in [5.74, 6) is -1.25. The number of benzene rings is 2. The number of sulfonamides is 1. The molecule has 0 aliphatic rings. The van der Waals surface area contributed by atoms with Crippen molar-refractivity contribution >= 4 is 27.3 Å². The lowest BCUT2D eigenvalue weighted by Crippen LogP contribution is -2.38. The maximum Gasteiger partial charge on any atom is 0.245 e. The summed E-state index contributed by atoms with van der Waals surface area (Å²) in [6, 6.07) is 12.7. The minimum absolute atomic E-state index is 0.156. The Morgan fingerprint density at radius 2 is 1.75 bits per heavy atom. The summed E-state index contributed by atoms with van der Waals surface area (Å²) < 4.78 is 38.5. The molecule has 0 unspecified atom stereocenters. The van der Waals surface area contributed by atoms with Gasteiger partial charge in [-0.25, -0.2) is 12.8 Å². The van der Waals surface area contributed by atoms with Crippen LogP contribution in [0.25, 0.3) is 0 Å². The summed E-state index contributed by atoms with van der Waals surface area (Å²) in [6.45, 7) is 1.52. The molecule has 2 rings (SSSR count). The first kappa shape index (κ1) is 17.9. The molecular formula is C17H19FN2O3S. The smallest absolute Gasteiger partial charge is 0.245 e. The van der Waals surface area contributed by atoms with Crippen molar-refractivity contribution < 1.29 is 17.6 Å². The molecule has 2 aromatic rings. The Morgan fingerprint density at radius 1 is 1.12 bits per heavy atom. The Labute approximate surface area is 141 Å². The Bertz CT molecular complexity index is 820. The molecule has 1 N–H and O–H groups in total. The third kappa shape index (κ3) is 4.55. The summed E-state index contributed by atoms with van der Waals surface area (Å²) in [6.07, 6.45) is 1.81. The second-order valence-electron chi connectivity index (χ2n) is 5.32. The number of halogens is 1. The second kappa shape index (κ2) is 7.44. The molecule has 5 nitrogen and oxygen atoms in total. The van der Waals surface area contributed by atoms with E-state index in [9.17, 15) is 17.6 Å². The van der Waals surface area contributed by atoms with Gasteiger partial charge in [0, 0.05) is 5.69 Å². The van der Waals surface area contributed by atoms with Crippen LogP contribution < -0.4 is 9.62 Å². The number of anilines is 2. The molecule has 7 heteroatoms. The fraction of sp³-hybridized carbons (Fsp3) is 0.235. The van der Waals surface area contributed by atoms with Crippen LogP contribution in [0.2, 0.25) is 0 Å². The van der Waals surface area contributed by atoms with Crippen LogP contribution in [0.4, 0.5) is 15.8 Å². The maximum absolute atomic E-state index is 13.9. The fourth-order valence-corrected chi connectivity index (χ4v) is 3.05. The molecule has 0 bridgehead atoms. The fourth-order valence-electron chi connectivity index (χ4n) is 2.19. The van der Waals surface area contributed by atoms with Crippen LogP contribution in [0.3, 0.4) is 0 Å². The number of rotatable bonds is 6. The second-order valence-corrected chi connectivity index (χ2v) is 7.23. The van der Waals surface area contributed by atoms with Gasteiger partial charge in [-0.05, 0) is 36.2 Å². The van der Waals surface area contributed by atoms with Crippen molar-refractivity contribution in [2.24, 2.45) is 0 Å². The van der Waals surface area contributed by atoms with Gasteiger partial charge in [0.25, 0.3) is 0 Å². The summed E-state index contributed by atoms with van der Waals surface area (Å²) in [7, 11) is -3.81. The van der Waals surface area contributed by atoms with Gasteiger partial charge in [0.05, 0.1) is 11.9 Å². The number of aryl methyl sites for hydroxylation is 1. The van der Waals surface area contributed by atoms with Crippen molar-refractivity contribution in [2.75, 3.05) is 22.4 Å². The van der Waals surface area contributed by atoms with E-state index in [2.05, 4.69) is 5.32 Å². The molecule has 2 aromatic carbocycles. The van der Waals surface area contributed by atoms with Crippen LogP contribution in [-0.2, 0) is 21.2 Å². The van der Waals surface area contributed by atoms with E-state index in [0.717, 1.165) is 28.6 Å². The molecule has 24 heavy (non-hydrogen) atoms. The van der Waals surface area contributed by atoms with Gasteiger partial charge in [0.1, 0.15) is 12.4 Å². The summed E-state index contributed by atoms with van der Waals surface area (Å²) in [5.41, 5.74) is 1.52. The predicted octanol–water partition coefficient (Wildman–Crippen LogP) is 2.79. The van der Waals surface area contributed by atoms with Gasteiger partial charge in [-0.1, -0.05) is 31.2 Å². The van der Waals surface area contributed by atoms with Crippen molar-refractivity contribution in [1.82, 2.24) is 0 Å². The number of nitrogens with zero attached hydrogens (tertiary/aromatic N) is 1. The molecule has 0 aromatic heterocycles. The first-order chi connectivity index (χ1) is 11.3. The number of nitrogens with one attached hydrogen (secondary N) is 1. The van der Waals surface area contributed by atoms with Gasteiger partial charge >= 0.3 is 0 Å². The van der Waals surface area contributed by atoms with E-state index >= 15 is 0 Å². The summed E-state index contributed by atoms with van der Waals surface area (Å²) in [5, 5.41) is 2.62. The van der Waals surface area contributed by atoms with E-state index in [1.54, 1.807) is 12.1 Å². The minimum atomic E-state index is -3.81. The first-order valence-corrected chi connectivity index (χ1v) is 9.27. The Morgan fingerprint density at radius 3 is 2.29 bits per heavy atom. The number of hydrogen-bond donors (Lipinski definition) is 1. The molecule has 0 radical (unpaired) electrons. The van der Waals surface area contributed by atoms with Gasteiger partial charge in [-0.2, -0.15) is 0 Å². The molecule has 0 atom stereocenters. The Hall–Kier alpha value is -2.41. The zero-order valence-electron chi connectivity index (χ0n) is 13.5. The largest absolute Gasteiger partial charge is 0.325 e. The number of para-hydroxylation sites is 1. The predicted molar refractivity (Wildman–Crippen MR) is 93.0 cm³/mol. The lowest BCUT2D eigenvalue weighted by Gasteiger charge is -2.22. The summed E-state index contributed by atoms with van der Waals surface area (Å²) >= 11 is 0. The Balaban J connectivity index is 2.17. The average Bonchev–Trinajstić information content (AvgIpc) is 2.53. The monoisotopic (exact) mass is 350 g/mol. The molecule has 128 valence electrons. The standard InChI is InChI=1S/C17H19FN2O3S/c1-3-13-8-10-14(11-9-13)19-17(21)12-20(24(2,22)23)16-7-5-4-6-15(16)18/h4-11H,3,12H2,1-2H3,(H,19,21). The molecule has 0 saturated carbocycles. The SMILES string of the molecule is CCc1ccc(NC(=O)CN(c2ccccc2F)S(C)(=O)=O)cc1.